The molecular weight excluding hydrogens is 280 g/mol. The summed E-state index contributed by atoms with van der Waals surface area (Å²) >= 11 is 6.00. The highest BCUT2D eigenvalue weighted by atomic mass is 35.5. The highest BCUT2D eigenvalue weighted by Crippen LogP contribution is 2.22. The summed E-state index contributed by atoms with van der Waals surface area (Å²) in [5.74, 6) is 0. The van der Waals surface area contributed by atoms with Crippen molar-refractivity contribution in [1.29, 1.82) is 0 Å². The first-order chi connectivity index (χ1) is 10.3. The molecule has 0 unspecified atom stereocenters. The fraction of sp³-hybridized carbons (Fsp3) is 0.333. The third-order valence-electron chi connectivity index (χ3n) is 3.97. The molecule has 0 radical (unpaired) electrons. The van der Waals surface area contributed by atoms with Crippen LogP contribution >= 0.6 is 11.6 Å². The molecule has 3 heteroatoms. The summed E-state index contributed by atoms with van der Waals surface area (Å²) in [6.07, 6.45) is 4.00. The monoisotopic (exact) mass is 300 g/mol. The van der Waals surface area contributed by atoms with Gasteiger partial charge >= 0.3 is 0 Å². The van der Waals surface area contributed by atoms with Gasteiger partial charge < -0.3 is 10.2 Å². The van der Waals surface area contributed by atoms with E-state index in [2.05, 4.69) is 40.5 Å². The molecule has 0 spiro atoms. The van der Waals surface area contributed by atoms with Gasteiger partial charge in [-0.1, -0.05) is 23.7 Å². The molecule has 0 amide bonds. The van der Waals surface area contributed by atoms with Crippen molar-refractivity contribution in [3.63, 3.8) is 0 Å². The van der Waals surface area contributed by atoms with Gasteiger partial charge in [0.1, 0.15) is 0 Å². The van der Waals surface area contributed by atoms with Crippen LogP contribution in [0.3, 0.4) is 0 Å². The van der Waals surface area contributed by atoms with Crippen LogP contribution in [0.25, 0.3) is 0 Å². The number of piperidine rings is 1. The molecule has 21 heavy (non-hydrogen) atoms. The fourth-order valence-corrected chi connectivity index (χ4v) is 3.01. The van der Waals surface area contributed by atoms with Gasteiger partial charge in [0.25, 0.3) is 0 Å². The highest BCUT2D eigenvalue weighted by molar-refractivity contribution is 6.30. The van der Waals surface area contributed by atoms with Crippen LogP contribution in [0.2, 0.25) is 5.02 Å². The number of rotatable bonds is 4. The third kappa shape index (κ3) is 3.92. The van der Waals surface area contributed by atoms with Gasteiger partial charge in [-0.05, 0) is 61.2 Å². The molecule has 110 valence electrons. The molecule has 2 nitrogen and oxygen atoms in total. The van der Waals surface area contributed by atoms with Crippen molar-refractivity contribution >= 4 is 23.0 Å². The van der Waals surface area contributed by atoms with Gasteiger partial charge in [-0.3, -0.25) is 0 Å². The van der Waals surface area contributed by atoms with Gasteiger partial charge in [-0.25, -0.2) is 0 Å². The standard InChI is InChI=1S/C18H21ClN2/c19-16-6-4-5-15(13-16)14-20-17-7-9-18(10-8-17)21-11-2-1-3-12-21/h4-10,13,20H,1-3,11-12,14H2. The molecule has 3 rings (SSSR count). The number of benzene rings is 2. The van der Waals surface area contributed by atoms with Crippen molar-refractivity contribution in [3.05, 3.63) is 59.1 Å². The number of hydrogen-bond donors (Lipinski definition) is 1. The van der Waals surface area contributed by atoms with E-state index in [0.717, 1.165) is 17.3 Å². The van der Waals surface area contributed by atoms with Crippen LogP contribution in [0, 0.1) is 0 Å². The van der Waals surface area contributed by atoms with Crippen molar-refractivity contribution < 1.29 is 0 Å². The van der Waals surface area contributed by atoms with Gasteiger partial charge in [0.15, 0.2) is 0 Å². The normalized spacial score (nSPS) is 15.0. The fourth-order valence-electron chi connectivity index (χ4n) is 2.79. The first kappa shape index (κ1) is 14.3. The van der Waals surface area contributed by atoms with Gasteiger partial charge in [0, 0.05) is 36.0 Å². The number of hydrogen-bond acceptors (Lipinski definition) is 2. The smallest absolute Gasteiger partial charge is 0.0409 e. The molecule has 1 fully saturated rings. The molecule has 1 aliphatic rings. The Kier molecular flexibility index (Phi) is 4.66. The number of anilines is 2. The van der Waals surface area contributed by atoms with Crippen LogP contribution < -0.4 is 10.2 Å². The highest BCUT2D eigenvalue weighted by Gasteiger charge is 2.10. The van der Waals surface area contributed by atoms with E-state index >= 15 is 0 Å². The molecule has 0 aliphatic carbocycles. The molecule has 0 bridgehead atoms. The molecule has 2 aromatic rings. The molecule has 1 N–H and O–H groups in total. The van der Waals surface area contributed by atoms with Crippen molar-refractivity contribution in [1.82, 2.24) is 0 Å². The van der Waals surface area contributed by atoms with E-state index in [1.54, 1.807) is 0 Å². The molecule has 0 atom stereocenters. The van der Waals surface area contributed by atoms with Crippen LogP contribution in [0.4, 0.5) is 11.4 Å². The molecule has 0 saturated carbocycles. The Balaban J connectivity index is 1.59. The SMILES string of the molecule is Clc1cccc(CNc2ccc(N3CCCCC3)cc2)c1. The quantitative estimate of drug-likeness (QED) is 0.860. The van der Waals surface area contributed by atoms with E-state index in [-0.39, 0.29) is 0 Å². The minimum absolute atomic E-state index is 0.787. The van der Waals surface area contributed by atoms with Gasteiger partial charge in [0.05, 0.1) is 0 Å². The summed E-state index contributed by atoms with van der Waals surface area (Å²) in [6, 6.07) is 16.7. The van der Waals surface area contributed by atoms with Gasteiger partial charge in [-0.2, -0.15) is 0 Å². The Labute approximate surface area is 131 Å². The van der Waals surface area contributed by atoms with E-state index in [9.17, 15) is 0 Å². The zero-order valence-electron chi connectivity index (χ0n) is 12.2. The van der Waals surface area contributed by atoms with Crippen molar-refractivity contribution in [2.24, 2.45) is 0 Å². The Morgan fingerprint density at radius 1 is 0.952 bits per heavy atom. The van der Waals surface area contributed by atoms with E-state index in [1.165, 1.54) is 43.6 Å². The molecule has 1 heterocycles. The summed E-state index contributed by atoms with van der Waals surface area (Å²) < 4.78 is 0. The van der Waals surface area contributed by atoms with E-state index in [0.29, 0.717) is 0 Å². The maximum absolute atomic E-state index is 6.00. The summed E-state index contributed by atoms with van der Waals surface area (Å²) in [7, 11) is 0. The summed E-state index contributed by atoms with van der Waals surface area (Å²) in [4.78, 5) is 2.48. The number of nitrogens with zero attached hydrogens (tertiary/aromatic N) is 1. The van der Waals surface area contributed by atoms with Crippen LogP contribution in [0.1, 0.15) is 24.8 Å². The van der Waals surface area contributed by atoms with Crippen LogP contribution in [-0.2, 0) is 6.54 Å². The number of halogens is 1. The molecule has 1 saturated heterocycles. The second-order valence-electron chi connectivity index (χ2n) is 5.58. The maximum Gasteiger partial charge on any atom is 0.0409 e. The van der Waals surface area contributed by atoms with E-state index in [1.807, 2.05) is 18.2 Å². The maximum atomic E-state index is 6.00. The predicted octanol–water partition coefficient (Wildman–Crippen LogP) is 4.94. The third-order valence-corrected chi connectivity index (χ3v) is 4.21. The van der Waals surface area contributed by atoms with Crippen LogP contribution in [0.5, 0.6) is 0 Å². The van der Waals surface area contributed by atoms with Crippen molar-refractivity contribution in [2.75, 3.05) is 23.3 Å². The van der Waals surface area contributed by atoms with Gasteiger partial charge in [-0.15, -0.1) is 0 Å². The Bertz CT molecular complexity index is 574. The Morgan fingerprint density at radius 2 is 1.71 bits per heavy atom. The molecule has 2 aromatic carbocycles. The first-order valence-electron chi connectivity index (χ1n) is 7.64. The number of nitrogens with one attached hydrogen (secondary N) is 1. The summed E-state index contributed by atoms with van der Waals surface area (Å²) in [5.41, 5.74) is 3.68. The lowest BCUT2D eigenvalue weighted by Crippen LogP contribution is -2.29. The minimum atomic E-state index is 0.787. The first-order valence-corrected chi connectivity index (χ1v) is 8.02. The van der Waals surface area contributed by atoms with Crippen molar-refractivity contribution in [3.8, 4) is 0 Å². The molecule has 0 aromatic heterocycles. The van der Waals surface area contributed by atoms with Crippen LogP contribution in [-0.4, -0.2) is 13.1 Å². The van der Waals surface area contributed by atoms with E-state index in [4.69, 9.17) is 11.6 Å². The lowest BCUT2D eigenvalue weighted by molar-refractivity contribution is 0.578. The van der Waals surface area contributed by atoms with Crippen molar-refractivity contribution in [2.45, 2.75) is 25.8 Å². The lowest BCUT2D eigenvalue weighted by Gasteiger charge is -2.28. The second kappa shape index (κ2) is 6.86. The largest absolute Gasteiger partial charge is 0.381 e. The molecule has 1 aliphatic heterocycles. The topological polar surface area (TPSA) is 15.3 Å². The Hall–Kier alpha value is -1.67. The zero-order chi connectivity index (χ0) is 14.5. The predicted molar refractivity (Wildman–Crippen MR) is 91.3 cm³/mol. The minimum Gasteiger partial charge on any atom is -0.381 e. The van der Waals surface area contributed by atoms with E-state index < -0.39 is 0 Å². The summed E-state index contributed by atoms with van der Waals surface area (Å²) in [5, 5.41) is 4.23. The zero-order valence-corrected chi connectivity index (χ0v) is 12.9. The molecular formula is C18H21ClN2. The lowest BCUT2D eigenvalue weighted by atomic mass is 10.1. The van der Waals surface area contributed by atoms with Crippen LogP contribution in [0.15, 0.2) is 48.5 Å². The Morgan fingerprint density at radius 3 is 2.43 bits per heavy atom. The average Bonchev–Trinajstić information content (AvgIpc) is 2.54. The van der Waals surface area contributed by atoms with Gasteiger partial charge in [0.2, 0.25) is 0 Å². The second-order valence-corrected chi connectivity index (χ2v) is 6.01. The summed E-state index contributed by atoms with van der Waals surface area (Å²) in [6.45, 7) is 3.17. The average molecular weight is 301 g/mol.